The molecule has 0 saturated carbocycles. The molecule has 2 N–H and O–H groups in total. The van der Waals surface area contributed by atoms with Crippen LogP contribution in [0, 0.1) is 11.7 Å². The van der Waals surface area contributed by atoms with Gasteiger partial charge in [-0.2, -0.15) is 0 Å². The Morgan fingerprint density at radius 3 is 2.50 bits per heavy atom. The Bertz CT molecular complexity index is 901. The molecule has 0 spiro atoms. The lowest BCUT2D eigenvalue weighted by atomic mass is 9.94. The number of rotatable bonds is 6. The van der Waals surface area contributed by atoms with Crippen LogP contribution in [0.3, 0.4) is 0 Å². The highest BCUT2D eigenvalue weighted by atomic mass is 19.1. The molecule has 6 nitrogen and oxygen atoms in total. The summed E-state index contributed by atoms with van der Waals surface area (Å²) in [5.74, 6) is -3.53. The molecule has 0 bridgehead atoms. The second-order valence-corrected chi connectivity index (χ2v) is 6.80. The number of hydrogen-bond acceptors (Lipinski definition) is 3. The van der Waals surface area contributed by atoms with E-state index in [1.165, 1.54) is 24.0 Å². The third kappa shape index (κ3) is 4.03. The van der Waals surface area contributed by atoms with Crippen LogP contribution in [0.1, 0.15) is 41.7 Å². The molecule has 146 valence electrons. The summed E-state index contributed by atoms with van der Waals surface area (Å²) >= 11 is 0. The van der Waals surface area contributed by atoms with E-state index in [1.54, 1.807) is 30.3 Å². The summed E-state index contributed by atoms with van der Waals surface area (Å²) in [7, 11) is 0. The van der Waals surface area contributed by atoms with Gasteiger partial charge in [-0.1, -0.05) is 30.3 Å². The van der Waals surface area contributed by atoms with Crippen molar-refractivity contribution in [3.8, 4) is 0 Å². The number of aliphatic carboxylic acids is 1. The maximum atomic E-state index is 14.3. The molecule has 0 aliphatic carbocycles. The molecular formula is C21H21FN2O4. The van der Waals surface area contributed by atoms with Crippen molar-refractivity contribution >= 4 is 23.5 Å². The normalized spacial score (nSPS) is 15.9. The molecule has 2 aromatic carbocycles. The summed E-state index contributed by atoms with van der Waals surface area (Å²) in [5.41, 5.74) is 0.837. The van der Waals surface area contributed by atoms with Gasteiger partial charge in [-0.3, -0.25) is 14.4 Å². The Balaban J connectivity index is 1.89. The Kier molecular flexibility index (Phi) is 5.73. The van der Waals surface area contributed by atoms with Gasteiger partial charge in [-0.05, 0) is 37.1 Å². The van der Waals surface area contributed by atoms with Crippen molar-refractivity contribution in [1.29, 1.82) is 0 Å². The van der Waals surface area contributed by atoms with Gasteiger partial charge >= 0.3 is 5.97 Å². The van der Waals surface area contributed by atoms with Gasteiger partial charge in [-0.25, -0.2) is 4.39 Å². The minimum atomic E-state index is -1.08. The van der Waals surface area contributed by atoms with Gasteiger partial charge < -0.3 is 15.3 Å². The van der Waals surface area contributed by atoms with Crippen molar-refractivity contribution in [2.75, 3.05) is 11.4 Å². The van der Waals surface area contributed by atoms with Crippen molar-refractivity contribution in [3.63, 3.8) is 0 Å². The molecule has 1 fully saturated rings. The molecule has 2 amide bonds. The monoisotopic (exact) mass is 384 g/mol. The third-order valence-corrected chi connectivity index (χ3v) is 4.91. The quantitative estimate of drug-likeness (QED) is 0.801. The van der Waals surface area contributed by atoms with Crippen LogP contribution in [0.25, 0.3) is 0 Å². The van der Waals surface area contributed by atoms with Crippen LogP contribution in [0.2, 0.25) is 0 Å². The number of anilines is 1. The van der Waals surface area contributed by atoms with Crippen LogP contribution in [0.5, 0.6) is 0 Å². The first-order valence-electron chi connectivity index (χ1n) is 9.07. The third-order valence-electron chi connectivity index (χ3n) is 4.91. The minimum Gasteiger partial charge on any atom is -0.481 e. The predicted octanol–water partition coefficient (Wildman–Crippen LogP) is 3.14. The highest BCUT2D eigenvalue weighted by molar-refractivity contribution is 5.99. The zero-order valence-corrected chi connectivity index (χ0v) is 15.4. The molecule has 0 aromatic heterocycles. The van der Waals surface area contributed by atoms with Gasteiger partial charge in [0.2, 0.25) is 5.91 Å². The minimum absolute atomic E-state index is 0.0698. The molecule has 3 rings (SSSR count). The number of nitrogens with zero attached hydrogens (tertiary/aromatic N) is 1. The van der Waals surface area contributed by atoms with E-state index in [0.717, 1.165) is 6.07 Å². The average molecular weight is 384 g/mol. The Morgan fingerprint density at radius 2 is 1.89 bits per heavy atom. The lowest BCUT2D eigenvalue weighted by Crippen LogP contribution is -2.36. The first kappa shape index (κ1) is 19.5. The van der Waals surface area contributed by atoms with Crippen LogP contribution in [-0.4, -0.2) is 29.4 Å². The zero-order valence-electron chi connectivity index (χ0n) is 15.4. The Hall–Kier alpha value is -3.22. The number of benzene rings is 2. The van der Waals surface area contributed by atoms with Gasteiger partial charge in [0.25, 0.3) is 5.91 Å². The van der Waals surface area contributed by atoms with E-state index in [1.807, 2.05) is 0 Å². The number of carboxylic acids is 1. The first-order valence-corrected chi connectivity index (χ1v) is 9.07. The second kappa shape index (κ2) is 8.21. The lowest BCUT2D eigenvalue weighted by molar-refractivity contribution is -0.142. The number of carbonyl (C=O) groups excluding carboxylic acids is 2. The average Bonchev–Trinajstić information content (AvgIpc) is 3.12. The van der Waals surface area contributed by atoms with Crippen molar-refractivity contribution in [3.05, 3.63) is 65.5 Å². The van der Waals surface area contributed by atoms with Gasteiger partial charge in [-0.15, -0.1) is 0 Å². The second-order valence-electron chi connectivity index (χ2n) is 6.80. The van der Waals surface area contributed by atoms with Crippen molar-refractivity contribution < 1.29 is 23.9 Å². The summed E-state index contributed by atoms with van der Waals surface area (Å²) in [5, 5.41) is 12.0. The van der Waals surface area contributed by atoms with Crippen LogP contribution in [0.4, 0.5) is 10.1 Å². The maximum Gasteiger partial charge on any atom is 0.308 e. The van der Waals surface area contributed by atoms with E-state index < -0.39 is 29.7 Å². The Morgan fingerprint density at radius 1 is 1.18 bits per heavy atom. The highest BCUT2D eigenvalue weighted by Crippen LogP contribution is 2.26. The van der Waals surface area contributed by atoms with Crippen LogP contribution >= 0.6 is 0 Å². The first-order chi connectivity index (χ1) is 13.4. The van der Waals surface area contributed by atoms with E-state index in [-0.39, 0.29) is 11.5 Å². The molecule has 0 unspecified atom stereocenters. The molecule has 0 radical (unpaired) electrons. The lowest BCUT2D eigenvalue weighted by Gasteiger charge is -2.23. The number of carbonyl (C=O) groups is 3. The summed E-state index contributed by atoms with van der Waals surface area (Å²) in [6, 6.07) is 11.8. The summed E-state index contributed by atoms with van der Waals surface area (Å²) < 4.78 is 14.3. The number of nitrogens with one attached hydrogen (secondary N) is 1. The molecule has 1 saturated heterocycles. The molecule has 28 heavy (non-hydrogen) atoms. The van der Waals surface area contributed by atoms with E-state index in [2.05, 4.69) is 5.32 Å². The van der Waals surface area contributed by atoms with Gasteiger partial charge in [0, 0.05) is 18.7 Å². The summed E-state index contributed by atoms with van der Waals surface area (Å²) in [6.45, 7) is 2.00. The fourth-order valence-corrected chi connectivity index (χ4v) is 3.30. The Labute approximate surface area is 162 Å². The van der Waals surface area contributed by atoms with Crippen molar-refractivity contribution in [1.82, 2.24) is 5.32 Å². The van der Waals surface area contributed by atoms with Crippen LogP contribution in [-0.2, 0) is 9.59 Å². The number of hydrogen-bond donors (Lipinski definition) is 2. The summed E-state index contributed by atoms with van der Waals surface area (Å²) in [4.78, 5) is 37.7. The standard InChI is InChI=1S/C21H21FN2O4/c1-13(21(27)28)19(14-6-3-2-4-7-14)23-20(26)16-12-15(9-10-17(16)22)24-11-5-8-18(24)25/h2-4,6-7,9-10,12-13,19H,5,8,11H2,1H3,(H,23,26)(H,27,28)/t13-,19-/m1/s1. The molecule has 1 aliphatic heterocycles. The van der Waals surface area contributed by atoms with Gasteiger partial charge in [0.15, 0.2) is 0 Å². The predicted molar refractivity (Wildman–Crippen MR) is 101 cm³/mol. The fourth-order valence-electron chi connectivity index (χ4n) is 3.30. The largest absolute Gasteiger partial charge is 0.481 e. The fraction of sp³-hybridized carbons (Fsp3) is 0.286. The van der Waals surface area contributed by atoms with Crippen LogP contribution < -0.4 is 10.2 Å². The molecule has 1 aliphatic rings. The van der Waals surface area contributed by atoms with Gasteiger partial charge in [0.1, 0.15) is 5.82 Å². The van der Waals surface area contributed by atoms with E-state index in [4.69, 9.17) is 0 Å². The molecule has 2 atom stereocenters. The number of amides is 2. The van der Waals surface area contributed by atoms with Crippen molar-refractivity contribution in [2.24, 2.45) is 5.92 Å². The number of halogens is 1. The molecule has 7 heteroatoms. The van der Waals surface area contributed by atoms with Crippen molar-refractivity contribution in [2.45, 2.75) is 25.8 Å². The topological polar surface area (TPSA) is 86.7 Å². The van der Waals surface area contributed by atoms with E-state index in [0.29, 0.717) is 30.6 Å². The smallest absolute Gasteiger partial charge is 0.308 e. The van der Waals surface area contributed by atoms with Gasteiger partial charge in [0.05, 0.1) is 17.5 Å². The highest BCUT2D eigenvalue weighted by Gasteiger charge is 2.29. The van der Waals surface area contributed by atoms with E-state index in [9.17, 15) is 23.9 Å². The summed E-state index contributed by atoms with van der Waals surface area (Å²) in [6.07, 6.45) is 1.13. The molecule has 1 heterocycles. The molecular weight excluding hydrogens is 363 g/mol. The maximum absolute atomic E-state index is 14.3. The van der Waals surface area contributed by atoms with Crippen LogP contribution in [0.15, 0.2) is 48.5 Å². The van der Waals surface area contributed by atoms with E-state index >= 15 is 0 Å². The SMILES string of the molecule is C[C@@H](C(=O)O)[C@@H](NC(=O)c1cc(N2CCCC2=O)ccc1F)c1ccccc1. The molecule has 2 aromatic rings. The number of carboxylic acid groups (broad SMARTS) is 1. The zero-order chi connectivity index (χ0) is 20.3.